The van der Waals surface area contributed by atoms with Crippen LogP contribution in [-0.4, -0.2) is 59.7 Å². The summed E-state index contributed by atoms with van der Waals surface area (Å²) in [5, 5.41) is 6.17. The quantitative estimate of drug-likeness (QED) is 0.389. The maximum atomic E-state index is 13.1. The largest absolute Gasteiger partial charge is 0.379 e. The number of benzene rings is 1. The monoisotopic (exact) mass is 345 g/mol. The third kappa shape index (κ3) is 9.85. The standard InChI is InChI=1S/C15H24FN3O3S/c1-17-15(19-8-9-22-10-11-23(2,20)21)18-7-6-13-4-3-5-14(16)12-13/h3-5,12H,6-11H2,1-2H3,(H2,17,18,19). The van der Waals surface area contributed by atoms with Crippen molar-refractivity contribution < 1.29 is 17.5 Å². The molecule has 0 aliphatic carbocycles. The Morgan fingerprint density at radius 1 is 1.26 bits per heavy atom. The molecule has 23 heavy (non-hydrogen) atoms. The number of ether oxygens (including phenoxy) is 1. The van der Waals surface area contributed by atoms with Crippen LogP contribution in [-0.2, 0) is 21.0 Å². The molecule has 0 heterocycles. The molecule has 8 heteroatoms. The van der Waals surface area contributed by atoms with Crippen LogP contribution in [0.15, 0.2) is 29.3 Å². The Morgan fingerprint density at radius 3 is 2.65 bits per heavy atom. The molecular weight excluding hydrogens is 321 g/mol. The maximum absolute atomic E-state index is 13.1. The van der Waals surface area contributed by atoms with Gasteiger partial charge in [0.1, 0.15) is 15.7 Å². The van der Waals surface area contributed by atoms with Crippen molar-refractivity contribution in [2.45, 2.75) is 6.42 Å². The number of guanidine groups is 1. The van der Waals surface area contributed by atoms with Crippen LogP contribution >= 0.6 is 0 Å². The zero-order valence-electron chi connectivity index (χ0n) is 13.5. The third-order valence-corrected chi connectivity index (χ3v) is 3.86. The van der Waals surface area contributed by atoms with Crippen LogP contribution in [0.1, 0.15) is 5.56 Å². The first kappa shape index (κ1) is 19.4. The van der Waals surface area contributed by atoms with E-state index in [2.05, 4.69) is 15.6 Å². The first-order chi connectivity index (χ1) is 10.9. The molecule has 0 spiro atoms. The molecule has 130 valence electrons. The Labute approximate surface area is 137 Å². The normalized spacial score (nSPS) is 12.2. The molecule has 0 fully saturated rings. The molecule has 1 rings (SSSR count). The maximum Gasteiger partial charge on any atom is 0.191 e. The van der Waals surface area contributed by atoms with Crippen LogP contribution in [0.2, 0.25) is 0 Å². The fourth-order valence-electron chi connectivity index (χ4n) is 1.79. The second-order valence-corrected chi connectivity index (χ2v) is 7.31. The summed E-state index contributed by atoms with van der Waals surface area (Å²) < 4.78 is 40.1. The summed E-state index contributed by atoms with van der Waals surface area (Å²) in [6, 6.07) is 6.48. The van der Waals surface area contributed by atoms with E-state index in [0.717, 1.165) is 5.56 Å². The van der Waals surface area contributed by atoms with Crippen LogP contribution in [0.5, 0.6) is 0 Å². The molecule has 1 aromatic rings. The van der Waals surface area contributed by atoms with Gasteiger partial charge >= 0.3 is 0 Å². The van der Waals surface area contributed by atoms with Crippen LogP contribution in [0.25, 0.3) is 0 Å². The Bertz CT molecular complexity index is 606. The number of nitrogens with one attached hydrogen (secondary N) is 2. The summed E-state index contributed by atoms with van der Waals surface area (Å²) in [5.41, 5.74) is 0.914. The number of aliphatic imine (C=N–C) groups is 1. The number of rotatable bonds is 9. The van der Waals surface area contributed by atoms with Gasteiger partial charge in [0.25, 0.3) is 0 Å². The topological polar surface area (TPSA) is 79.8 Å². The van der Waals surface area contributed by atoms with Gasteiger partial charge in [-0.25, -0.2) is 12.8 Å². The molecule has 1 aromatic carbocycles. The van der Waals surface area contributed by atoms with Gasteiger partial charge in [0, 0.05) is 26.4 Å². The van der Waals surface area contributed by atoms with Gasteiger partial charge in [0.15, 0.2) is 5.96 Å². The van der Waals surface area contributed by atoms with E-state index in [1.807, 2.05) is 6.07 Å². The minimum Gasteiger partial charge on any atom is -0.379 e. The Balaban J connectivity index is 2.15. The van der Waals surface area contributed by atoms with Crippen molar-refractivity contribution in [3.63, 3.8) is 0 Å². The van der Waals surface area contributed by atoms with Crippen molar-refractivity contribution in [3.8, 4) is 0 Å². The van der Waals surface area contributed by atoms with E-state index >= 15 is 0 Å². The lowest BCUT2D eigenvalue weighted by Gasteiger charge is -2.12. The SMILES string of the molecule is CN=C(NCCOCCS(C)(=O)=O)NCCc1cccc(F)c1. The summed E-state index contributed by atoms with van der Waals surface area (Å²) >= 11 is 0. The minimum absolute atomic E-state index is 0.0214. The van der Waals surface area contributed by atoms with Crippen LogP contribution < -0.4 is 10.6 Å². The minimum atomic E-state index is -2.98. The predicted octanol–water partition coefficient (Wildman–Crippen LogP) is 0.594. The molecular formula is C15H24FN3O3S. The number of nitrogens with zero attached hydrogens (tertiary/aromatic N) is 1. The fraction of sp³-hybridized carbons (Fsp3) is 0.533. The first-order valence-corrected chi connectivity index (χ1v) is 9.41. The van der Waals surface area contributed by atoms with Gasteiger partial charge in [-0.05, 0) is 24.1 Å². The van der Waals surface area contributed by atoms with Crippen LogP contribution in [0.4, 0.5) is 4.39 Å². The van der Waals surface area contributed by atoms with Gasteiger partial charge < -0.3 is 15.4 Å². The Morgan fingerprint density at radius 2 is 2.00 bits per heavy atom. The van der Waals surface area contributed by atoms with Crippen LogP contribution in [0, 0.1) is 5.82 Å². The number of hydrogen-bond acceptors (Lipinski definition) is 4. The first-order valence-electron chi connectivity index (χ1n) is 7.35. The molecule has 0 unspecified atom stereocenters. The summed E-state index contributed by atoms with van der Waals surface area (Å²) in [6.45, 7) is 1.72. The summed E-state index contributed by atoms with van der Waals surface area (Å²) in [7, 11) is -1.33. The van der Waals surface area contributed by atoms with Crippen molar-refractivity contribution in [2.24, 2.45) is 4.99 Å². The smallest absolute Gasteiger partial charge is 0.191 e. The average molecular weight is 345 g/mol. The number of halogens is 1. The van der Waals surface area contributed by atoms with E-state index in [1.54, 1.807) is 13.1 Å². The molecule has 0 saturated heterocycles. The van der Waals surface area contributed by atoms with Crippen molar-refractivity contribution in [1.29, 1.82) is 0 Å². The van der Waals surface area contributed by atoms with Gasteiger partial charge in [-0.3, -0.25) is 4.99 Å². The van der Waals surface area contributed by atoms with Gasteiger partial charge in [-0.15, -0.1) is 0 Å². The Kier molecular flexibility index (Phi) is 8.57. The van der Waals surface area contributed by atoms with Crippen molar-refractivity contribution in [2.75, 3.05) is 45.4 Å². The fourth-order valence-corrected chi connectivity index (χ4v) is 2.21. The molecule has 6 nitrogen and oxygen atoms in total. The van der Waals surface area contributed by atoms with Gasteiger partial charge in [0.2, 0.25) is 0 Å². The lowest BCUT2D eigenvalue weighted by molar-refractivity contribution is 0.154. The van der Waals surface area contributed by atoms with E-state index < -0.39 is 9.84 Å². The summed E-state index contributed by atoms with van der Waals surface area (Å²) in [6.07, 6.45) is 1.86. The third-order valence-electron chi connectivity index (χ3n) is 2.96. The second-order valence-electron chi connectivity index (χ2n) is 5.05. The Hall–Kier alpha value is -1.67. The molecule has 2 N–H and O–H groups in total. The summed E-state index contributed by atoms with van der Waals surface area (Å²) in [5.74, 6) is 0.400. The van der Waals surface area contributed by atoms with E-state index in [4.69, 9.17) is 4.74 Å². The van der Waals surface area contributed by atoms with E-state index in [0.29, 0.717) is 32.1 Å². The van der Waals surface area contributed by atoms with Crippen molar-refractivity contribution >= 4 is 15.8 Å². The molecule has 0 aromatic heterocycles. The second kappa shape index (κ2) is 10.2. The lowest BCUT2D eigenvalue weighted by atomic mass is 10.1. The average Bonchev–Trinajstić information content (AvgIpc) is 2.48. The highest BCUT2D eigenvalue weighted by molar-refractivity contribution is 7.90. The van der Waals surface area contributed by atoms with E-state index in [1.165, 1.54) is 18.4 Å². The lowest BCUT2D eigenvalue weighted by Crippen LogP contribution is -2.39. The van der Waals surface area contributed by atoms with Crippen LogP contribution in [0.3, 0.4) is 0 Å². The highest BCUT2D eigenvalue weighted by Crippen LogP contribution is 2.03. The van der Waals surface area contributed by atoms with Crippen molar-refractivity contribution in [1.82, 2.24) is 10.6 Å². The molecule has 0 aliphatic rings. The molecule has 0 amide bonds. The number of sulfone groups is 1. The molecule has 0 aliphatic heterocycles. The van der Waals surface area contributed by atoms with Gasteiger partial charge in [-0.1, -0.05) is 12.1 Å². The number of hydrogen-bond donors (Lipinski definition) is 2. The van der Waals surface area contributed by atoms with E-state index in [-0.39, 0.29) is 18.2 Å². The molecule has 0 bridgehead atoms. The molecule has 0 atom stereocenters. The molecule has 0 radical (unpaired) electrons. The highest BCUT2D eigenvalue weighted by atomic mass is 32.2. The zero-order chi connectivity index (χ0) is 17.1. The van der Waals surface area contributed by atoms with E-state index in [9.17, 15) is 12.8 Å². The zero-order valence-corrected chi connectivity index (χ0v) is 14.3. The van der Waals surface area contributed by atoms with Gasteiger partial charge in [0.05, 0.1) is 19.0 Å². The predicted molar refractivity (Wildman–Crippen MR) is 90.0 cm³/mol. The molecule has 0 saturated carbocycles. The van der Waals surface area contributed by atoms with Gasteiger partial charge in [-0.2, -0.15) is 0 Å². The highest BCUT2D eigenvalue weighted by Gasteiger charge is 2.02. The van der Waals surface area contributed by atoms with Crippen molar-refractivity contribution in [3.05, 3.63) is 35.6 Å². The summed E-state index contributed by atoms with van der Waals surface area (Å²) in [4.78, 5) is 4.06.